The van der Waals surface area contributed by atoms with Crippen LogP contribution >= 0.6 is 0 Å². The Hall–Kier alpha value is -1.55. The van der Waals surface area contributed by atoms with Crippen LogP contribution in [0.15, 0.2) is 24.3 Å². The van der Waals surface area contributed by atoms with Gasteiger partial charge >= 0.3 is 0 Å². The highest BCUT2D eigenvalue weighted by atomic mass is 16.5. The third-order valence-corrected chi connectivity index (χ3v) is 4.75. The number of benzene rings is 1. The Morgan fingerprint density at radius 2 is 2.18 bits per heavy atom. The second kappa shape index (κ2) is 6.69. The summed E-state index contributed by atoms with van der Waals surface area (Å²) in [6.45, 7) is 5.72. The molecule has 0 saturated carbocycles. The number of hydrogen-bond donors (Lipinski definition) is 1. The fraction of sp³-hybridized carbons (Fsp3) is 0.611. The zero-order valence-electron chi connectivity index (χ0n) is 13.5. The smallest absolute Gasteiger partial charge is 0.263 e. The predicted molar refractivity (Wildman–Crippen MR) is 87.0 cm³/mol. The van der Waals surface area contributed by atoms with Gasteiger partial charge in [-0.3, -0.25) is 4.79 Å². The summed E-state index contributed by atoms with van der Waals surface area (Å²) in [6, 6.07) is 8.98. The summed E-state index contributed by atoms with van der Waals surface area (Å²) in [4.78, 5) is 14.8. The highest BCUT2D eigenvalue weighted by Crippen LogP contribution is 2.22. The Bertz CT molecular complexity index is 532. The van der Waals surface area contributed by atoms with Gasteiger partial charge in [0.05, 0.1) is 0 Å². The summed E-state index contributed by atoms with van der Waals surface area (Å²) in [5.74, 6) is 0.924. The van der Waals surface area contributed by atoms with Crippen LogP contribution in [-0.2, 0) is 4.79 Å². The number of rotatable bonds is 4. The Labute approximate surface area is 132 Å². The number of carbonyl (C=O) groups is 1. The maximum atomic E-state index is 12.8. The third kappa shape index (κ3) is 3.43. The number of likely N-dealkylation sites (tertiary alicyclic amines) is 1. The van der Waals surface area contributed by atoms with Crippen LogP contribution in [0.3, 0.4) is 0 Å². The van der Waals surface area contributed by atoms with Gasteiger partial charge in [0.1, 0.15) is 5.75 Å². The summed E-state index contributed by atoms with van der Waals surface area (Å²) in [6.07, 6.45) is 3.82. The van der Waals surface area contributed by atoms with Crippen molar-refractivity contribution >= 4 is 5.91 Å². The van der Waals surface area contributed by atoms with Crippen molar-refractivity contribution in [2.75, 3.05) is 13.1 Å². The number of carbonyl (C=O) groups excluding carboxylic acids is 1. The maximum Gasteiger partial charge on any atom is 0.263 e. The van der Waals surface area contributed by atoms with Gasteiger partial charge in [0.25, 0.3) is 5.91 Å². The molecule has 2 heterocycles. The molecule has 2 saturated heterocycles. The lowest BCUT2D eigenvalue weighted by Crippen LogP contribution is -2.45. The molecule has 0 radical (unpaired) electrons. The standard InChI is InChI=1S/C18H26N2O2/c1-3-17(22-16-6-4-5-13(2)11-16)18(21)20-10-9-14-7-8-15(12-20)19-14/h4-6,11,14-15,17,19H,3,7-10,12H2,1-2H3. The normalized spacial score (nSPS) is 25.6. The quantitative estimate of drug-likeness (QED) is 0.929. The van der Waals surface area contributed by atoms with Gasteiger partial charge in [-0.1, -0.05) is 19.1 Å². The van der Waals surface area contributed by atoms with Crippen molar-refractivity contribution in [3.05, 3.63) is 29.8 Å². The van der Waals surface area contributed by atoms with Crippen molar-refractivity contribution in [2.24, 2.45) is 0 Å². The summed E-state index contributed by atoms with van der Waals surface area (Å²) in [5.41, 5.74) is 1.15. The van der Waals surface area contributed by atoms with Crippen LogP contribution in [0.1, 0.15) is 38.2 Å². The van der Waals surface area contributed by atoms with E-state index in [0.29, 0.717) is 18.5 Å². The third-order valence-electron chi connectivity index (χ3n) is 4.75. The second-order valence-electron chi connectivity index (χ2n) is 6.54. The lowest BCUT2D eigenvalue weighted by atomic mass is 10.1. The molecule has 2 aliphatic heterocycles. The summed E-state index contributed by atoms with van der Waals surface area (Å²) in [7, 11) is 0. The number of nitrogens with one attached hydrogen (secondary N) is 1. The number of aryl methyl sites for hydroxylation is 1. The first-order valence-electron chi connectivity index (χ1n) is 8.44. The van der Waals surface area contributed by atoms with E-state index in [9.17, 15) is 4.79 Å². The van der Waals surface area contributed by atoms with E-state index >= 15 is 0 Å². The van der Waals surface area contributed by atoms with E-state index in [1.165, 1.54) is 12.8 Å². The van der Waals surface area contributed by atoms with E-state index in [1.807, 2.05) is 43.0 Å². The molecule has 2 aliphatic rings. The molecule has 1 N–H and O–H groups in total. The molecule has 1 amide bonds. The van der Waals surface area contributed by atoms with E-state index in [1.54, 1.807) is 0 Å². The largest absolute Gasteiger partial charge is 0.481 e. The molecule has 0 spiro atoms. The lowest BCUT2D eigenvalue weighted by molar-refractivity contribution is -0.139. The first kappa shape index (κ1) is 15.3. The zero-order valence-corrected chi connectivity index (χ0v) is 13.5. The number of nitrogens with zero attached hydrogens (tertiary/aromatic N) is 1. The first-order valence-corrected chi connectivity index (χ1v) is 8.44. The molecule has 2 fully saturated rings. The molecule has 4 nitrogen and oxygen atoms in total. The van der Waals surface area contributed by atoms with Gasteiger partial charge < -0.3 is 15.0 Å². The number of hydrogen-bond acceptors (Lipinski definition) is 3. The summed E-state index contributed by atoms with van der Waals surface area (Å²) in [5, 5.41) is 3.62. The van der Waals surface area contributed by atoms with Gasteiger partial charge in [0, 0.05) is 25.2 Å². The molecule has 1 aromatic carbocycles. The van der Waals surface area contributed by atoms with Gasteiger partial charge in [0.15, 0.2) is 6.10 Å². The molecule has 0 aromatic heterocycles. The van der Waals surface area contributed by atoms with Crippen LogP contribution in [-0.4, -0.2) is 42.1 Å². The first-order chi connectivity index (χ1) is 10.7. The Morgan fingerprint density at radius 1 is 1.36 bits per heavy atom. The van der Waals surface area contributed by atoms with Gasteiger partial charge in [-0.15, -0.1) is 0 Å². The van der Waals surface area contributed by atoms with Crippen LogP contribution in [0.2, 0.25) is 0 Å². The fourth-order valence-corrected chi connectivity index (χ4v) is 3.51. The van der Waals surface area contributed by atoms with Crippen LogP contribution < -0.4 is 10.1 Å². The highest BCUT2D eigenvalue weighted by Gasteiger charge is 2.33. The molecular weight excluding hydrogens is 276 g/mol. The van der Waals surface area contributed by atoms with Crippen LogP contribution in [0.4, 0.5) is 0 Å². The van der Waals surface area contributed by atoms with E-state index in [-0.39, 0.29) is 12.0 Å². The molecule has 120 valence electrons. The average Bonchev–Trinajstić information content (AvgIpc) is 2.83. The van der Waals surface area contributed by atoms with Gasteiger partial charge in [0.2, 0.25) is 0 Å². The molecule has 0 aliphatic carbocycles. The van der Waals surface area contributed by atoms with Crippen molar-refractivity contribution in [3.63, 3.8) is 0 Å². The highest BCUT2D eigenvalue weighted by molar-refractivity contribution is 5.81. The monoisotopic (exact) mass is 302 g/mol. The number of fused-ring (bicyclic) bond motifs is 2. The topological polar surface area (TPSA) is 41.6 Å². The van der Waals surface area contributed by atoms with Gasteiger partial charge in [-0.25, -0.2) is 0 Å². The number of ether oxygens (including phenoxy) is 1. The second-order valence-corrected chi connectivity index (χ2v) is 6.54. The van der Waals surface area contributed by atoms with Crippen molar-refractivity contribution < 1.29 is 9.53 Å². The fourth-order valence-electron chi connectivity index (χ4n) is 3.51. The van der Waals surface area contributed by atoms with E-state index in [0.717, 1.165) is 30.8 Å². The maximum absolute atomic E-state index is 12.8. The van der Waals surface area contributed by atoms with E-state index < -0.39 is 0 Å². The van der Waals surface area contributed by atoms with E-state index in [2.05, 4.69) is 5.32 Å². The lowest BCUT2D eigenvalue weighted by Gasteiger charge is -2.28. The molecule has 22 heavy (non-hydrogen) atoms. The summed E-state index contributed by atoms with van der Waals surface area (Å²) < 4.78 is 5.97. The minimum Gasteiger partial charge on any atom is -0.481 e. The van der Waals surface area contributed by atoms with Crippen LogP contribution in [0, 0.1) is 6.92 Å². The molecule has 2 bridgehead atoms. The molecule has 3 unspecified atom stereocenters. The van der Waals surface area contributed by atoms with Crippen LogP contribution in [0.25, 0.3) is 0 Å². The van der Waals surface area contributed by atoms with Crippen molar-refractivity contribution in [3.8, 4) is 5.75 Å². The van der Waals surface area contributed by atoms with Crippen molar-refractivity contribution in [1.29, 1.82) is 0 Å². The summed E-state index contributed by atoms with van der Waals surface area (Å²) >= 11 is 0. The van der Waals surface area contributed by atoms with Crippen molar-refractivity contribution in [1.82, 2.24) is 10.2 Å². The van der Waals surface area contributed by atoms with Gasteiger partial charge in [-0.05, 0) is 50.3 Å². The van der Waals surface area contributed by atoms with E-state index in [4.69, 9.17) is 4.74 Å². The Balaban J connectivity index is 1.66. The Morgan fingerprint density at radius 3 is 2.95 bits per heavy atom. The Kier molecular flexibility index (Phi) is 4.67. The molecule has 3 rings (SSSR count). The average molecular weight is 302 g/mol. The SMILES string of the molecule is CCC(Oc1cccc(C)c1)C(=O)N1CCC2CCC(C1)N2. The molecule has 3 atom stereocenters. The minimum absolute atomic E-state index is 0.137. The number of amides is 1. The van der Waals surface area contributed by atoms with Crippen LogP contribution in [0.5, 0.6) is 5.75 Å². The molecule has 1 aromatic rings. The molecular formula is C18H26N2O2. The minimum atomic E-state index is -0.376. The van der Waals surface area contributed by atoms with Crippen molar-refractivity contribution in [2.45, 2.75) is 57.7 Å². The van der Waals surface area contributed by atoms with Gasteiger partial charge in [-0.2, -0.15) is 0 Å². The zero-order chi connectivity index (χ0) is 15.5. The molecule has 4 heteroatoms. The predicted octanol–water partition coefficient (Wildman–Crippen LogP) is 2.51.